The van der Waals surface area contributed by atoms with Crippen LogP contribution in [0.4, 0.5) is 22.0 Å². The number of amides is 1. The second kappa shape index (κ2) is 10.7. The van der Waals surface area contributed by atoms with Gasteiger partial charge in [0.25, 0.3) is 5.89 Å². The molecule has 1 saturated heterocycles. The van der Waals surface area contributed by atoms with Gasteiger partial charge in [0.05, 0.1) is 23.4 Å². The quantitative estimate of drug-likeness (QED) is 0.301. The normalized spacial score (nSPS) is 14.5. The highest BCUT2D eigenvalue weighted by atomic mass is 19.4. The monoisotopic (exact) mass is 558 g/mol. The molecule has 3 aromatic heterocycles. The van der Waals surface area contributed by atoms with Gasteiger partial charge in [-0.05, 0) is 51.0 Å². The third-order valence-corrected chi connectivity index (χ3v) is 6.79. The van der Waals surface area contributed by atoms with Crippen molar-refractivity contribution in [1.82, 2.24) is 30.0 Å². The summed E-state index contributed by atoms with van der Waals surface area (Å²) in [5, 5.41) is 8.02. The lowest BCUT2D eigenvalue weighted by Crippen LogP contribution is -2.39. The number of aromatic nitrogens is 5. The number of carbonyl (C=O) groups is 1. The molecule has 4 heterocycles. The number of alkyl halides is 3. The molecular weight excluding hydrogens is 535 g/mol. The lowest BCUT2D eigenvalue weighted by molar-refractivity contribution is -0.141. The fourth-order valence-electron chi connectivity index (χ4n) is 4.82. The first-order valence-electron chi connectivity index (χ1n) is 12.4. The smallest absolute Gasteiger partial charge is 0.416 e. The molecule has 1 amide bonds. The summed E-state index contributed by atoms with van der Waals surface area (Å²) >= 11 is 0. The molecule has 0 N–H and O–H groups in total. The molecule has 4 aromatic rings. The van der Waals surface area contributed by atoms with Gasteiger partial charge in [0.2, 0.25) is 11.8 Å². The van der Waals surface area contributed by atoms with Gasteiger partial charge < -0.3 is 9.32 Å². The van der Waals surface area contributed by atoms with Crippen LogP contribution in [0.2, 0.25) is 0 Å². The largest absolute Gasteiger partial charge is 0.433 e. The first-order chi connectivity index (χ1) is 19.0. The van der Waals surface area contributed by atoms with Gasteiger partial charge >= 0.3 is 6.18 Å². The van der Waals surface area contributed by atoms with Crippen LogP contribution in [-0.4, -0.2) is 49.0 Å². The molecule has 5 rings (SSSR count). The van der Waals surface area contributed by atoms with Crippen LogP contribution in [-0.2, 0) is 17.4 Å². The molecule has 0 unspecified atom stereocenters. The van der Waals surface area contributed by atoms with Crippen molar-refractivity contribution in [2.24, 2.45) is 0 Å². The Bertz CT molecular complexity index is 1540. The van der Waals surface area contributed by atoms with Gasteiger partial charge in [-0.1, -0.05) is 6.07 Å². The number of hydrogen-bond donors (Lipinski definition) is 0. The van der Waals surface area contributed by atoms with E-state index >= 15 is 0 Å². The average Bonchev–Trinajstić information content (AvgIpc) is 3.40. The summed E-state index contributed by atoms with van der Waals surface area (Å²) in [6.07, 6.45) is -2.98. The van der Waals surface area contributed by atoms with E-state index in [0.29, 0.717) is 48.7 Å². The van der Waals surface area contributed by atoms with Crippen molar-refractivity contribution >= 4 is 5.91 Å². The van der Waals surface area contributed by atoms with Gasteiger partial charge in [-0.25, -0.2) is 18.7 Å². The van der Waals surface area contributed by atoms with Crippen molar-refractivity contribution in [3.63, 3.8) is 0 Å². The molecule has 1 aromatic carbocycles. The van der Waals surface area contributed by atoms with Crippen molar-refractivity contribution in [1.29, 1.82) is 0 Å². The number of aryl methyl sites for hydroxylation is 2. The highest BCUT2D eigenvalue weighted by Gasteiger charge is 2.33. The van der Waals surface area contributed by atoms with E-state index in [1.54, 1.807) is 18.7 Å². The summed E-state index contributed by atoms with van der Waals surface area (Å²) < 4.78 is 73.2. The van der Waals surface area contributed by atoms with Crippen molar-refractivity contribution in [3.05, 3.63) is 76.6 Å². The summed E-state index contributed by atoms with van der Waals surface area (Å²) in [6, 6.07) is 5.65. The zero-order valence-corrected chi connectivity index (χ0v) is 21.5. The molecule has 0 radical (unpaired) electrons. The van der Waals surface area contributed by atoms with Crippen molar-refractivity contribution < 1.29 is 31.2 Å². The van der Waals surface area contributed by atoms with Crippen molar-refractivity contribution in [2.75, 3.05) is 13.1 Å². The molecule has 0 saturated carbocycles. The van der Waals surface area contributed by atoms with Gasteiger partial charge in [0.15, 0.2) is 0 Å². The first-order valence-corrected chi connectivity index (χ1v) is 12.4. The molecule has 1 fully saturated rings. The number of pyridine rings is 1. The average molecular weight is 559 g/mol. The van der Waals surface area contributed by atoms with E-state index in [1.165, 1.54) is 12.1 Å². The molecule has 13 heteroatoms. The standard InChI is InChI=1S/C27H23F5N6O2/c1-14-23(26-37-36-25(40-26)17-6-9-33-21(12-17)27(30,31)32)24(35-15(2)34-14)16-7-10-38(11-8-16)22(39)13-18-19(28)4-3-5-20(18)29/h3-6,9,12,16H,7-8,10-11,13H2,1-2H3. The zero-order chi connectivity index (χ0) is 28.6. The van der Waals surface area contributed by atoms with Crippen LogP contribution in [0.15, 0.2) is 40.9 Å². The van der Waals surface area contributed by atoms with E-state index < -0.39 is 23.5 Å². The third kappa shape index (κ3) is 5.54. The van der Waals surface area contributed by atoms with E-state index in [-0.39, 0.29) is 41.2 Å². The number of likely N-dealkylation sites (tertiary alicyclic amines) is 1. The number of hydrogen-bond acceptors (Lipinski definition) is 7. The van der Waals surface area contributed by atoms with Gasteiger partial charge in [-0.15, -0.1) is 10.2 Å². The highest BCUT2D eigenvalue weighted by Crippen LogP contribution is 2.37. The van der Waals surface area contributed by atoms with E-state index in [9.17, 15) is 26.7 Å². The van der Waals surface area contributed by atoms with Gasteiger partial charge in [-0.3, -0.25) is 9.78 Å². The fraction of sp³-hybridized carbons (Fsp3) is 0.333. The Morgan fingerprint density at radius 2 is 1.70 bits per heavy atom. The number of piperidine rings is 1. The predicted molar refractivity (Wildman–Crippen MR) is 132 cm³/mol. The predicted octanol–water partition coefficient (Wildman–Crippen LogP) is 5.45. The number of halogens is 5. The summed E-state index contributed by atoms with van der Waals surface area (Å²) in [4.78, 5) is 26.7. The maximum atomic E-state index is 14.0. The van der Waals surface area contributed by atoms with Crippen LogP contribution in [0.1, 0.15) is 47.2 Å². The van der Waals surface area contributed by atoms with Crippen LogP contribution in [0.5, 0.6) is 0 Å². The Morgan fingerprint density at radius 1 is 1.02 bits per heavy atom. The van der Waals surface area contributed by atoms with Gasteiger partial charge in [0, 0.05) is 36.3 Å². The highest BCUT2D eigenvalue weighted by molar-refractivity contribution is 5.79. The lowest BCUT2D eigenvalue weighted by atomic mass is 9.89. The topological polar surface area (TPSA) is 97.9 Å². The van der Waals surface area contributed by atoms with Crippen LogP contribution in [0, 0.1) is 25.5 Å². The minimum atomic E-state index is -4.63. The Labute approximate surface area is 225 Å². The van der Waals surface area contributed by atoms with E-state index in [4.69, 9.17) is 4.42 Å². The molecule has 8 nitrogen and oxygen atoms in total. The molecular formula is C27H23F5N6O2. The number of nitrogens with zero attached hydrogens (tertiary/aromatic N) is 6. The fourth-order valence-corrected chi connectivity index (χ4v) is 4.82. The maximum Gasteiger partial charge on any atom is 0.433 e. The Morgan fingerprint density at radius 3 is 2.38 bits per heavy atom. The van der Waals surface area contributed by atoms with E-state index in [0.717, 1.165) is 24.4 Å². The van der Waals surface area contributed by atoms with Crippen LogP contribution >= 0.6 is 0 Å². The lowest BCUT2D eigenvalue weighted by Gasteiger charge is -2.32. The molecule has 0 spiro atoms. The molecule has 40 heavy (non-hydrogen) atoms. The molecule has 208 valence electrons. The minimum absolute atomic E-state index is 0.0569. The van der Waals surface area contributed by atoms with Crippen molar-refractivity contribution in [3.8, 4) is 22.9 Å². The first kappa shape index (κ1) is 27.3. The van der Waals surface area contributed by atoms with Crippen LogP contribution < -0.4 is 0 Å². The molecule has 1 aliphatic heterocycles. The Kier molecular flexibility index (Phi) is 7.30. The molecule has 0 bridgehead atoms. The van der Waals surface area contributed by atoms with Gasteiger partial charge in [-0.2, -0.15) is 13.2 Å². The van der Waals surface area contributed by atoms with E-state index in [2.05, 4.69) is 25.1 Å². The summed E-state index contributed by atoms with van der Waals surface area (Å²) in [5.74, 6) is -1.59. The second-order valence-corrected chi connectivity index (χ2v) is 9.49. The summed E-state index contributed by atoms with van der Waals surface area (Å²) in [6.45, 7) is 4.16. The van der Waals surface area contributed by atoms with E-state index in [1.807, 2.05) is 0 Å². The SMILES string of the molecule is Cc1nc(C)c(-c2nnc(-c3ccnc(C(F)(F)F)c3)o2)c(C2CCN(C(=O)Cc3c(F)cccc3F)CC2)n1. The zero-order valence-electron chi connectivity index (χ0n) is 21.5. The van der Waals surface area contributed by atoms with Crippen LogP contribution in [0.25, 0.3) is 22.9 Å². The molecule has 1 aliphatic rings. The van der Waals surface area contributed by atoms with Crippen LogP contribution in [0.3, 0.4) is 0 Å². The maximum absolute atomic E-state index is 14.0. The minimum Gasteiger partial charge on any atom is -0.416 e. The van der Waals surface area contributed by atoms with Crippen molar-refractivity contribution in [2.45, 2.75) is 45.2 Å². The van der Waals surface area contributed by atoms with Gasteiger partial charge in [0.1, 0.15) is 23.2 Å². The second-order valence-electron chi connectivity index (χ2n) is 9.49. The third-order valence-electron chi connectivity index (χ3n) is 6.79. The Balaban J connectivity index is 1.37. The number of benzene rings is 1. The molecule has 0 aliphatic carbocycles. The summed E-state index contributed by atoms with van der Waals surface area (Å²) in [5.41, 5.74) is 0.371. The Hall–Kier alpha value is -4.29. The number of carbonyl (C=O) groups excluding carboxylic acids is 1. The number of rotatable bonds is 5. The molecule has 0 atom stereocenters. The summed E-state index contributed by atoms with van der Waals surface area (Å²) in [7, 11) is 0.